The maximum atomic E-state index is 13.7. The topological polar surface area (TPSA) is 140 Å². The molecule has 4 rings (SSSR count). The number of carboxylic acids is 1. The number of aromatic carboxylic acids is 1. The minimum Gasteiger partial charge on any atom is -0.476 e. The number of ether oxygens (including phenoxy) is 1. The number of sulfonamides is 1. The molecule has 0 saturated heterocycles. The van der Waals surface area contributed by atoms with E-state index in [1.54, 1.807) is 19.1 Å². The molecule has 1 amide bonds. The largest absolute Gasteiger partial charge is 0.476 e. The third kappa shape index (κ3) is 6.44. The second-order valence-electron chi connectivity index (χ2n) is 9.41. The van der Waals surface area contributed by atoms with E-state index in [1.807, 2.05) is 19.1 Å². The molecule has 1 aromatic heterocycles. The fraction of sp³-hybridized carbons (Fsp3) is 0.207. The molecular weight excluding hydrogens is 551 g/mol. The number of rotatable bonds is 10. The van der Waals surface area contributed by atoms with Gasteiger partial charge >= 0.3 is 5.97 Å². The van der Waals surface area contributed by atoms with Gasteiger partial charge in [-0.2, -0.15) is 9.78 Å². The summed E-state index contributed by atoms with van der Waals surface area (Å²) in [7, 11) is -4.14. The SMILES string of the molecule is CCCNS(=O)(=O)c1cc(NC(=O)c2ccc(F)c(C)c2)ccc1Oc1c(C)c(C(=O)O)nn1-c1ccc(C)cc1. The lowest BCUT2D eigenvalue weighted by Crippen LogP contribution is -2.25. The zero-order valence-corrected chi connectivity index (χ0v) is 23.7. The van der Waals surface area contributed by atoms with Crippen LogP contribution in [0.3, 0.4) is 0 Å². The molecule has 0 fully saturated rings. The molecule has 0 bridgehead atoms. The van der Waals surface area contributed by atoms with Crippen molar-refractivity contribution < 1.29 is 32.2 Å². The first kappa shape index (κ1) is 29.4. The number of aromatic nitrogens is 2. The average molecular weight is 581 g/mol. The number of carbonyl (C=O) groups is 2. The molecule has 0 aliphatic heterocycles. The summed E-state index contributed by atoms with van der Waals surface area (Å²) in [6.07, 6.45) is 0.525. The van der Waals surface area contributed by atoms with Crippen molar-refractivity contribution in [2.45, 2.75) is 39.0 Å². The first-order chi connectivity index (χ1) is 19.4. The van der Waals surface area contributed by atoms with E-state index in [0.717, 1.165) is 5.56 Å². The number of amides is 1. The third-order valence-corrected chi connectivity index (χ3v) is 7.69. The molecular formula is C29H29FN4O6S. The van der Waals surface area contributed by atoms with Crippen LogP contribution >= 0.6 is 0 Å². The van der Waals surface area contributed by atoms with Crippen LogP contribution in [-0.2, 0) is 10.0 Å². The zero-order valence-electron chi connectivity index (χ0n) is 22.9. The van der Waals surface area contributed by atoms with Gasteiger partial charge in [0.25, 0.3) is 5.91 Å². The first-order valence-electron chi connectivity index (χ1n) is 12.7. The summed E-state index contributed by atoms with van der Waals surface area (Å²) in [5.74, 6) is -2.39. The highest BCUT2D eigenvalue weighted by atomic mass is 32.2. The molecule has 0 unspecified atom stereocenters. The Morgan fingerprint density at radius 1 is 1.02 bits per heavy atom. The first-order valence-corrected chi connectivity index (χ1v) is 14.2. The molecule has 214 valence electrons. The van der Waals surface area contributed by atoms with Crippen molar-refractivity contribution in [2.24, 2.45) is 0 Å². The van der Waals surface area contributed by atoms with Gasteiger partial charge in [-0.3, -0.25) is 4.79 Å². The second kappa shape index (κ2) is 11.9. The summed E-state index contributed by atoms with van der Waals surface area (Å²) < 4.78 is 50.2. The Kier molecular flexibility index (Phi) is 8.55. The summed E-state index contributed by atoms with van der Waals surface area (Å²) in [5.41, 5.74) is 2.04. The van der Waals surface area contributed by atoms with Gasteiger partial charge in [0.1, 0.15) is 16.5 Å². The van der Waals surface area contributed by atoms with Crippen LogP contribution in [0.5, 0.6) is 11.6 Å². The number of aryl methyl sites for hydroxylation is 2. The lowest BCUT2D eigenvalue weighted by Gasteiger charge is -2.16. The van der Waals surface area contributed by atoms with Crippen molar-refractivity contribution in [1.82, 2.24) is 14.5 Å². The van der Waals surface area contributed by atoms with Crippen molar-refractivity contribution in [3.8, 4) is 17.3 Å². The summed E-state index contributed by atoms with van der Waals surface area (Å²) in [4.78, 5) is 24.4. The highest BCUT2D eigenvalue weighted by Crippen LogP contribution is 2.35. The van der Waals surface area contributed by atoms with Crippen LogP contribution in [0.15, 0.2) is 65.6 Å². The van der Waals surface area contributed by atoms with Gasteiger partial charge in [-0.25, -0.2) is 22.3 Å². The molecule has 4 aromatic rings. The highest BCUT2D eigenvalue weighted by Gasteiger charge is 2.26. The van der Waals surface area contributed by atoms with Gasteiger partial charge in [0.05, 0.1) is 5.69 Å². The van der Waals surface area contributed by atoms with Crippen LogP contribution in [0.1, 0.15) is 50.9 Å². The van der Waals surface area contributed by atoms with Crippen LogP contribution in [0, 0.1) is 26.6 Å². The number of halogens is 1. The van der Waals surface area contributed by atoms with Crippen LogP contribution < -0.4 is 14.8 Å². The normalized spacial score (nSPS) is 11.3. The Morgan fingerprint density at radius 2 is 1.73 bits per heavy atom. The molecule has 0 aliphatic carbocycles. The van der Waals surface area contributed by atoms with E-state index < -0.39 is 27.7 Å². The Hall–Kier alpha value is -4.55. The van der Waals surface area contributed by atoms with E-state index in [-0.39, 0.29) is 51.1 Å². The van der Waals surface area contributed by atoms with Crippen LogP contribution in [0.4, 0.5) is 10.1 Å². The maximum Gasteiger partial charge on any atom is 0.356 e. The van der Waals surface area contributed by atoms with Crippen LogP contribution in [0.25, 0.3) is 5.69 Å². The lowest BCUT2D eigenvalue weighted by molar-refractivity contribution is 0.0689. The smallest absolute Gasteiger partial charge is 0.356 e. The van der Waals surface area contributed by atoms with Gasteiger partial charge in [0, 0.05) is 23.4 Å². The number of nitrogens with one attached hydrogen (secondary N) is 2. The fourth-order valence-corrected chi connectivity index (χ4v) is 5.24. The molecule has 10 nitrogen and oxygen atoms in total. The Bertz CT molecular complexity index is 1730. The van der Waals surface area contributed by atoms with Crippen molar-refractivity contribution >= 4 is 27.6 Å². The number of carbonyl (C=O) groups excluding carboxylic acids is 1. The molecule has 0 radical (unpaired) electrons. The molecule has 41 heavy (non-hydrogen) atoms. The molecule has 1 heterocycles. The monoisotopic (exact) mass is 580 g/mol. The molecule has 0 spiro atoms. The minimum atomic E-state index is -4.14. The Morgan fingerprint density at radius 3 is 2.37 bits per heavy atom. The molecule has 0 saturated carbocycles. The minimum absolute atomic E-state index is 0.0109. The predicted molar refractivity (Wildman–Crippen MR) is 151 cm³/mol. The van der Waals surface area contributed by atoms with Crippen LogP contribution in [0.2, 0.25) is 0 Å². The number of hydrogen-bond acceptors (Lipinski definition) is 6. The zero-order chi connectivity index (χ0) is 29.9. The van der Waals surface area contributed by atoms with E-state index >= 15 is 0 Å². The summed E-state index contributed by atoms with van der Waals surface area (Å²) >= 11 is 0. The van der Waals surface area contributed by atoms with Crippen molar-refractivity contribution in [2.75, 3.05) is 11.9 Å². The van der Waals surface area contributed by atoms with Gasteiger partial charge in [-0.05, 0) is 81.3 Å². The number of benzene rings is 3. The molecule has 3 aromatic carbocycles. The maximum absolute atomic E-state index is 13.7. The van der Waals surface area contributed by atoms with Gasteiger partial charge < -0.3 is 15.2 Å². The van der Waals surface area contributed by atoms with Crippen molar-refractivity contribution in [3.63, 3.8) is 0 Å². The van der Waals surface area contributed by atoms with E-state index in [1.165, 1.54) is 54.9 Å². The third-order valence-electron chi connectivity index (χ3n) is 6.21. The predicted octanol–water partition coefficient (Wildman–Crippen LogP) is 5.37. The molecule has 3 N–H and O–H groups in total. The van der Waals surface area contributed by atoms with Gasteiger partial charge in [-0.1, -0.05) is 24.6 Å². The van der Waals surface area contributed by atoms with E-state index in [0.29, 0.717) is 12.1 Å². The van der Waals surface area contributed by atoms with Crippen LogP contribution in [-0.4, -0.2) is 41.7 Å². The Balaban J connectivity index is 1.79. The van der Waals surface area contributed by atoms with E-state index in [4.69, 9.17) is 4.74 Å². The van der Waals surface area contributed by atoms with Crippen molar-refractivity contribution in [3.05, 3.63) is 94.4 Å². The molecule has 0 aliphatic rings. The number of nitrogens with zero attached hydrogens (tertiary/aromatic N) is 2. The number of anilines is 1. The van der Waals surface area contributed by atoms with Gasteiger partial charge in [0.15, 0.2) is 5.69 Å². The fourth-order valence-electron chi connectivity index (χ4n) is 3.95. The second-order valence-corrected chi connectivity index (χ2v) is 11.1. The summed E-state index contributed by atoms with van der Waals surface area (Å²) in [6, 6.07) is 15.0. The quantitative estimate of drug-likeness (QED) is 0.229. The standard InChI is InChI=1S/C29H29FN4O6S/c1-5-14-31-41(38,39)25-16-21(32-27(35)20-8-12-23(30)18(3)15-20)9-13-24(25)40-28-19(4)26(29(36)37)33-34(28)22-10-6-17(2)7-11-22/h6-13,15-16,31H,5,14H2,1-4H3,(H,32,35)(H,36,37). The number of hydrogen-bond donors (Lipinski definition) is 3. The summed E-state index contributed by atoms with van der Waals surface area (Å²) in [5, 5.41) is 16.5. The summed E-state index contributed by atoms with van der Waals surface area (Å²) in [6.45, 7) is 6.89. The number of carboxylic acid groups (broad SMARTS) is 1. The molecule has 12 heteroatoms. The molecule has 0 atom stereocenters. The average Bonchev–Trinajstić information content (AvgIpc) is 3.26. The van der Waals surface area contributed by atoms with E-state index in [9.17, 15) is 27.5 Å². The Labute approximate surface area is 236 Å². The highest BCUT2D eigenvalue weighted by molar-refractivity contribution is 7.89. The van der Waals surface area contributed by atoms with Gasteiger partial charge in [-0.15, -0.1) is 0 Å². The van der Waals surface area contributed by atoms with Crippen molar-refractivity contribution in [1.29, 1.82) is 0 Å². The lowest BCUT2D eigenvalue weighted by atomic mass is 10.1. The van der Waals surface area contributed by atoms with E-state index in [2.05, 4.69) is 15.1 Å². The van der Waals surface area contributed by atoms with Gasteiger partial charge in [0.2, 0.25) is 15.9 Å².